The van der Waals surface area contributed by atoms with Crippen LogP contribution in [0.1, 0.15) is 0 Å². The van der Waals surface area contributed by atoms with E-state index in [9.17, 15) is 9.59 Å². The maximum atomic E-state index is 13.2. The monoisotopic (exact) mass is 346 g/mol. The van der Waals surface area contributed by atoms with Crippen molar-refractivity contribution < 1.29 is 14.3 Å². The van der Waals surface area contributed by atoms with Crippen molar-refractivity contribution in [3.8, 4) is 0 Å². The highest BCUT2D eigenvalue weighted by atomic mass is 16.5. The highest BCUT2D eigenvalue weighted by Gasteiger charge is 2.67. The minimum atomic E-state index is -0.776. The first kappa shape index (κ1) is 15.3. The minimum Gasteiger partial charge on any atom is -0.382 e. The zero-order valence-corrected chi connectivity index (χ0v) is 14.0. The Labute approximate surface area is 151 Å². The lowest BCUT2D eigenvalue weighted by Crippen LogP contribution is -2.45. The third kappa shape index (κ3) is 2.07. The van der Waals surface area contributed by atoms with Gasteiger partial charge in [0.15, 0.2) is 0 Å². The number of nitrogens with zero attached hydrogens (tertiary/aromatic N) is 1. The Morgan fingerprint density at radius 3 is 2.38 bits per heavy atom. The fourth-order valence-corrected chi connectivity index (χ4v) is 4.33. The smallest absolute Gasteiger partial charge is 0.241 e. The van der Waals surface area contributed by atoms with E-state index in [0.29, 0.717) is 12.2 Å². The third-order valence-electron chi connectivity index (χ3n) is 5.51. The Morgan fingerprint density at radius 1 is 0.962 bits per heavy atom. The van der Waals surface area contributed by atoms with Crippen molar-refractivity contribution in [3.05, 3.63) is 72.8 Å². The van der Waals surface area contributed by atoms with Crippen molar-refractivity contribution in [1.29, 1.82) is 0 Å². The highest BCUT2D eigenvalue weighted by molar-refractivity contribution is 6.23. The first-order valence-corrected chi connectivity index (χ1v) is 8.79. The molecular formula is C21H18N2O3. The van der Waals surface area contributed by atoms with Crippen LogP contribution in [0.15, 0.2) is 72.8 Å². The van der Waals surface area contributed by atoms with Gasteiger partial charge in [0.25, 0.3) is 0 Å². The van der Waals surface area contributed by atoms with E-state index in [0.717, 1.165) is 5.69 Å². The molecule has 2 amide bonds. The molecule has 4 atom stereocenters. The summed E-state index contributed by atoms with van der Waals surface area (Å²) in [6, 6.07) is 18.9. The fourth-order valence-electron chi connectivity index (χ4n) is 4.33. The van der Waals surface area contributed by atoms with Crippen molar-refractivity contribution >= 4 is 23.2 Å². The Hall–Kier alpha value is -2.92. The summed E-state index contributed by atoms with van der Waals surface area (Å²) >= 11 is 0. The molecule has 3 heterocycles. The number of carbonyl (C=O) groups excluding carboxylic acids is 2. The molecule has 2 saturated heterocycles. The van der Waals surface area contributed by atoms with Crippen LogP contribution in [-0.4, -0.2) is 30.1 Å². The second kappa shape index (κ2) is 5.54. The van der Waals surface area contributed by atoms with E-state index < -0.39 is 17.4 Å². The second-order valence-electron chi connectivity index (χ2n) is 6.97. The number of fused-ring (bicyclic) bond motifs is 5. The Bertz CT molecular complexity index is 896. The number of anilines is 2. The molecular weight excluding hydrogens is 328 g/mol. The number of amides is 2. The molecule has 130 valence electrons. The summed E-state index contributed by atoms with van der Waals surface area (Å²) < 4.78 is 6.13. The normalized spacial score (nSPS) is 31.5. The molecule has 2 aromatic rings. The number of hydrogen-bond donors (Lipinski definition) is 1. The van der Waals surface area contributed by atoms with Crippen LogP contribution >= 0.6 is 0 Å². The van der Waals surface area contributed by atoms with Crippen LogP contribution < -0.4 is 10.2 Å². The maximum Gasteiger partial charge on any atom is 0.241 e. The maximum absolute atomic E-state index is 13.2. The summed E-state index contributed by atoms with van der Waals surface area (Å²) in [5.41, 5.74) is 0.812. The van der Waals surface area contributed by atoms with Crippen molar-refractivity contribution in [2.45, 2.75) is 11.7 Å². The first-order valence-electron chi connectivity index (χ1n) is 8.79. The molecule has 2 fully saturated rings. The van der Waals surface area contributed by atoms with Gasteiger partial charge in [0, 0.05) is 12.2 Å². The molecule has 0 radical (unpaired) electrons. The summed E-state index contributed by atoms with van der Waals surface area (Å²) in [5, 5.41) is 3.35. The number of rotatable bonds is 4. The lowest BCUT2D eigenvalue weighted by atomic mass is 9.77. The van der Waals surface area contributed by atoms with Gasteiger partial charge < -0.3 is 10.1 Å². The van der Waals surface area contributed by atoms with Crippen molar-refractivity contribution in [2.24, 2.45) is 11.8 Å². The van der Waals surface area contributed by atoms with Crippen LogP contribution in [0.25, 0.3) is 0 Å². The molecule has 5 nitrogen and oxygen atoms in total. The van der Waals surface area contributed by atoms with Crippen molar-refractivity contribution in [1.82, 2.24) is 0 Å². The van der Waals surface area contributed by atoms with E-state index in [1.807, 2.05) is 60.7 Å². The molecule has 1 N–H and O–H groups in total. The van der Waals surface area contributed by atoms with Gasteiger partial charge in [0.05, 0.1) is 23.6 Å². The van der Waals surface area contributed by atoms with Crippen LogP contribution in [0, 0.1) is 11.8 Å². The van der Waals surface area contributed by atoms with E-state index in [2.05, 4.69) is 5.32 Å². The van der Waals surface area contributed by atoms with Crippen LogP contribution in [0.2, 0.25) is 0 Å². The van der Waals surface area contributed by atoms with Gasteiger partial charge in [0.2, 0.25) is 11.8 Å². The van der Waals surface area contributed by atoms with E-state index in [1.165, 1.54) is 4.90 Å². The van der Waals surface area contributed by atoms with Gasteiger partial charge in [-0.15, -0.1) is 0 Å². The minimum absolute atomic E-state index is 0.165. The van der Waals surface area contributed by atoms with Gasteiger partial charge in [-0.3, -0.25) is 9.59 Å². The Kier molecular flexibility index (Phi) is 3.27. The predicted molar refractivity (Wildman–Crippen MR) is 97.6 cm³/mol. The lowest BCUT2D eigenvalue weighted by Gasteiger charge is -2.29. The zero-order chi connectivity index (χ0) is 17.7. The van der Waals surface area contributed by atoms with E-state index in [-0.39, 0.29) is 17.9 Å². The molecule has 3 aliphatic rings. The fraction of sp³-hybridized carbons (Fsp3) is 0.238. The molecule has 26 heavy (non-hydrogen) atoms. The van der Waals surface area contributed by atoms with Crippen LogP contribution in [0.5, 0.6) is 0 Å². The number of ether oxygens (including phenoxy) is 1. The van der Waals surface area contributed by atoms with Gasteiger partial charge in [-0.2, -0.15) is 0 Å². The quantitative estimate of drug-likeness (QED) is 0.683. The Morgan fingerprint density at radius 2 is 1.65 bits per heavy atom. The Balaban J connectivity index is 1.46. The second-order valence-corrected chi connectivity index (χ2v) is 6.97. The molecule has 0 spiro atoms. The number of hydrogen-bond acceptors (Lipinski definition) is 4. The van der Waals surface area contributed by atoms with Gasteiger partial charge in [-0.25, -0.2) is 4.90 Å². The number of carbonyl (C=O) groups is 2. The van der Waals surface area contributed by atoms with E-state index in [4.69, 9.17) is 4.74 Å². The summed E-state index contributed by atoms with van der Waals surface area (Å²) in [5.74, 6) is -1.26. The van der Waals surface area contributed by atoms with E-state index in [1.54, 1.807) is 12.1 Å². The van der Waals surface area contributed by atoms with Gasteiger partial charge in [-0.1, -0.05) is 48.6 Å². The standard InChI is InChI=1S/C21H18N2O3/c24-19-17-16-11-12-21(26-16,13-22-14-7-3-1-4-8-14)18(17)20(25)23(19)15-9-5-2-6-10-15/h1-12,16-18,22H,13H2/t16-,17-,18+,21-/m0/s1. The summed E-state index contributed by atoms with van der Waals surface area (Å²) in [4.78, 5) is 27.5. The summed E-state index contributed by atoms with van der Waals surface area (Å²) in [6.07, 6.45) is 3.55. The van der Waals surface area contributed by atoms with Gasteiger partial charge >= 0.3 is 0 Å². The van der Waals surface area contributed by atoms with Crippen LogP contribution in [0.3, 0.4) is 0 Å². The molecule has 3 aliphatic heterocycles. The lowest BCUT2D eigenvalue weighted by molar-refractivity contribution is -0.126. The average Bonchev–Trinajstić information content (AvgIpc) is 3.32. The SMILES string of the molecule is O=C1[C@H]2[C@@H]3C=C[C@@](CNc4ccccc4)(O3)[C@H]2C(=O)N1c1ccccc1. The van der Waals surface area contributed by atoms with Crippen molar-refractivity contribution in [2.75, 3.05) is 16.8 Å². The molecule has 2 aromatic carbocycles. The summed E-state index contributed by atoms with van der Waals surface area (Å²) in [7, 11) is 0. The van der Waals surface area contributed by atoms with Crippen LogP contribution in [0.4, 0.5) is 11.4 Å². The molecule has 5 rings (SSSR count). The molecule has 5 heteroatoms. The van der Waals surface area contributed by atoms with Gasteiger partial charge in [0.1, 0.15) is 5.60 Å². The number of benzene rings is 2. The molecule has 0 aromatic heterocycles. The molecule has 0 unspecified atom stereocenters. The first-order chi connectivity index (χ1) is 12.7. The zero-order valence-electron chi connectivity index (χ0n) is 14.0. The number of nitrogens with one attached hydrogen (secondary N) is 1. The number of imide groups is 1. The topological polar surface area (TPSA) is 58.6 Å². The largest absolute Gasteiger partial charge is 0.382 e. The third-order valence-corrected chi connectivity index (χ3v) is 5.51. The van der Waals surface area contributed by atoms with E-state index >= 15 is 0 Å². The van der Waals surface area contributed by atoms with Crippen molar-refractivity contribution in [3.63, 3.8) is 0 Å². The highest BCUT2D eigenvalue weighted by Crippen LogP contribution is 2.52. The summed E-state index contributed by atoms with van der Waals surface area (Å²) in [6.45, 7) is 0.451. The molecule has 0 saturated carbocycles. The molecule has 2 bridgehead atoms. The molecule has 0 aliphatic carbocycles. The predicted octanol–water partition coefficient (Wildman–Crippen LogP) is 2.61. The average molecular weight is 346 g/mol. The number of para-hydroxylation sites is 2. The van der Waals surface area contributed by atoms with Gasteiger partial charge in [-0.05, 0) is 24.3 Å². The van der Waals surface area contributed by atoms with Crippen LogP contribution in [-0.2, 0) is 14.3 Å².